The van der Waals surface area contributed by atoms with E-state index in [1.54, 1.807) is 0 Å². The molecule has 5 nitrogen and oxygen atoms in total. The van der Waals surface area contributed by atoms with Crippen molar-refractivity contribution >= 4 is 17.6 Å². The Kier molecular flexibility index (Phi) is 5.99. The summed E-state index contributed by atoms with van der Waals surface area (Å²) in [6.07, 6.45) is 3.36. The van der Waals surface area contributed by atoms with E-state index in [1.807, 2.05) is 35.9 Å². The highest BCUT2D eigenvalue weighted by molar-refractivity contribution is 6.31. The molecule has 1 aliphatic rings. The van der Waals surface area contributed by atoms with Crippen LogP contribution in [0.3, 0.4) is 0 Å². The van der Waals surface area contributed by atoms with Gasteiger partial charge in [-0.25, -0.2) is 0 Å². The first-order valence-electron chi connectivity index (χ1n) is 9.18. The second-order valence-corrected chi connectivity index (χ2v) is 7.57. The normalized spacial score (nSPS) is 20.3. The fourth-order valence-corrected chi connectivity index (χ4v) is 3.92. The molecule has 1 heterocycles. The molecule has 1 aliphatic carbocycles. The highest BCUT2D eigenvalue weighted by atomic mass is 35.5. The minimum atomic E-state index is -0.656. The molecule has 26 heavy (non-hydrogen) atoms. The molecule has 1 saturated carbocycles. The van der Waals surface area contributed by atoms with Gasteiger partial charge in [0.1, 0.15) is 0 Å². The van der Waals surface area contributed by atoms with Crippen LogP contribution in [0.1, 0.15) is 48.2 Å². The van der Waals surface area contributed by atoms with Crippen LogP contribution in [0.4, 0.5) is 0 Å². The van der Waals surface area contributed by atoms with Gasteiger partial charge in [0, 0.05) is 28.9 Å². The number of nitrogens with one attached hydrogen (secondary N) is 1. The largest absolute Gasteiger partial charge is 0.481 e. The molecule has 0 unspecified atom stereocenters. The van der Waals surface area contributed by atoms with E-state index in [1.165, 1.54) is 5.56 Å². The maximum Gasteiger partial charge on any atom is 0.306 e. The van der Waals surface area contributed by atoms with Crippen molar-refractivity contribution in [3.63, 3.8) is 0 Å². The predicted molar refractivity (Wildman–Crippen MR) is 102 cm³/mol. The van der Waals surface area contributed by atoms with E-state index in [-0.39, 0.29) is 5.92 Å². The van der Waals surface area contributed by atoms with Gasteiger partial charge in [-0.2, -0.15) is 5.10 Å². The minimum absolute atomic E-state index is 0.171. The fraction of sp³-hybridized carbons (Fsp3) is 0.500. The number of rotatable bonds is 6. The summed E-state index contributed by atoms with van der Waals surface area (Å²) in [4.78, 5) is 11.1. The number of aliphatic carboxylic acids is 1. The van der Waals surface area contributed by atoms with E-state index in [2.05, 4.69) is 17.3 Å². The molecule has 140 valence electrons. The molecule has 0 spiro atoms. The molecule has 3 rings (SSSR count). The maximum atomic E-state index is 11.1. The second kappa shape index (κ2) is 8.23. The summed E-state index contributed by atoms with van der Waals surface area (Å²) in [6.45, 7) is 5.56. The second-order valence-electron chi connectivity index (χ2n) is 7.17. The van der Waals surface area contributed by atoms with Crippen LogP contribution in [0.15, 0.2) is 24.3 Å². The highest BCUT2D eigenvalue weighted by Crippen LogP contribution is 2.25. The van der Waals surface area contributed by atoms with Crippen LogP contribution in [-0.4, -0.2) is 26.9 Å². The smallest absolute Gasteiger partial charge is 0.306 e. The molecule has 0 atom stereocenters. The lowest BCUT2D eigenvalue weighted by Gasteiger charge is -2.27. The predicted octanol–water partition coefficient (Wildman–Crippen LogP) is 3.93. The molecular weight excluding hydrogens is 350 g/mol. The van der Waals surface area contributed by atoms with Gasteiger partial charge in [-0.15, -0.1) is 0 Å². The average molecular weight is 376 g/mol. The highest BCUT2D eigenvalue weighted by Gasteiger charge is 2.26. The lowest BCUT2D eigenvalue weighted by molar-refractivity contribution is -0.142. The zero-order chi connectivity index (χ0) is 18.7. The first-order chi connectivity index (χ1) is 12.5. The Morgan fingerprint density at radius 1 is 1.27 bits per heavy atom. The van der Waals surface area contributed by atoms with Crippen LogP contribution < -0.4 is 5.32 Å². The number of aryl methyl sites for hydroxylation is 1. The molecule has 0 radical (unpaired) electrons. The minimum Gasteiger partial charge on any atom is -0.481 e. The topological polar surface area (TPSA) is 67.2 Å². The van der Waals surface area contributed by atoms with Crippen LogP contribution in [0.2, 0.25) is 5.02 Å². The molecular formula is C20H26ClN3O2. The molecule has 2 aromatic rings. The number of carbonyl (C=O) groups is 1. The number of carboxylic acid groups (broad SMARTS) is 1. The third-order valence-electron chi connectivity index (χ3n) is 5.45. The Balaban J connectivity index is 1.62. The van der Waals surface area contributed by atoms with E-state index >= 15 is 0 Å². The van der Waals surface area contributed by atoms with Crippen molar-refractivity contribution in [1.29, 1.82) is 0 Å². The lowest BCUT2D eigenvalue weighted by Crippen LogP contribution is -2.34. The van der Waals surface area contributed by atoms with Gasteiger partial charge in [0.15, 0.2) is 0 Å². The van der Waals surface area contributed by atoms with Crippen molar-refractivity contribution < 1.29 is 9.90 Å². The SMILES string of the molecule is Cc1nn(Cc2ccccc2Cl)c(C)c1CNC1CCC(C(=O)O)CC1. The lowest BCUT2D eigenvalue weighted by atomic mass is 9.86. The maximum absolute atomic E-state index is 11.1. The standard InChI is InChI=1S/C20H26ClN3O2/c1-13-18(11-22-17-9-7-15(8-10-17)20(25)26)14(2)24(23-13)12-16-5-3-4-6-19(16)21/h3-6,15,17,22H,7-12H2,1-2H3,(H,25,26). The molecule has 0 saturated heterocycles. The number of hydrogen-bond donors (Lipinski definition) is 2. The number of hydrogen-bond acceptors (Lipinski definition) is 3. The van der Waals surface area contributed by atoms with E-state index in [0.717, 1.165) is 54.2 Å². The molecule has 0 aliphatic heterocycles. The molecule has 0 bridgehead atoms. The Morgan fingerprint density at radius 3 is 2.62 bits per heavy atom. The van der Waals surface area contributed by atoms with Crippen LogP contribution >= 0.6 is 11.6 Å². The summed E-state index contributed by atoms with van der Waals surface area (Å²) in [5, 5.41) is 18.1. The zero-order valence-corrected chi connectivity index (χ0v) is 16.1. The third kappa shape index (κ3) is 4.27. The Morgan fingerprint density at radius 2 is 1.96 bits per heavy atom. The van der Waals surface area contributed by atoms with Crippen LogP contribution in [0.5, 0.6) is 0 Å². The zero-order valence-electron chi connectivity index (χ0n) is 15.3. The van der Waals surface area contributed by atoms with E-state index in [9.17, 15) is 4.79 Å². The summed E-state index contributed by atoms with van der Waals surface area (Å²) < 4.78 is 2.01. The molecule has 0 amide bonds. The van der Waals surface area contributed by atoms with Gasteiger partial charge < -0.3 is 10.4 Å². The number of benzene rings is 1. The molecule has 1 fully saturated rings. The van der Waals surface area contributed by atoms with Gasteiger partial charge >= 0.3 is 5.97 Å². The van der Waals surface area contributed by atoms with Crippen molar-refractivity contribution in [2.45, 2.75) is 58.7 Å². The number of halogens is 1. The number of carboxylic acids is 1. The summed E-state index contributed by atoms with van der Waals surface area (Å²) in [5.41, 5.74) is 4.46. The molecule has 1 aromatic carbocycles. The Labute approximate surface area is 159 Å². The van der Waals surface area contributed by atoms with Crippen molar-refractivity contribution in [3.8, 4) is 0 Å². The summed E-state index contributed by atoms with van der Waals surface area (Å²) in [7, 11) is 0. The van der Waals surface area contributed by atoms with Gasteiger partial charge in [-0.3, -0.25) is 9.48 Å². The van der Waals surface area contributed by atoms with Crippen LogP contribution in [0, 0.1) is 19.8 Å². The van der Waals surface area contributed by atoms with Crippen molar-refractivity contribution in [3.05, 3.63) is 51.8 Å². The van der Waals surface area contributed by atoms with E-state index < -0.39 is 5.97 Å². The van der Waals surface area contributed by atoms with Crippen molar-refractivity contribution in [2.24, 2.45) is 5.92 Å². The third-order valence-corrected chi connectivity index (χ3v) is 5.82. The van der Waals surface area contributed by atoms with Gasteiger partial charge in [-0.1, -0.05) is 29.8 Å². The first kappa shape index (κ1) is 18.9. The fourth-order valence-electron chi connectivity index (χ4n) is 3.72. The summed E-state index contributed by atoms with van der Waals surface area (Å²) >= 11 is 6.27. The van der Waals surface area contributed by atoms with Crippen molar-refractivity contribution in [2.75, 3.05) is 0 Å². The molecule has 6 heteroatoms. The molecule has 1 aromatic heterocycles. The number of aromatic nitrogens is 2. The quantitative estimate of drug-likeness (QED) is 0.802. The number of nitrogens with zero attached hydrogens (tertiary/aromatic N) is 2. The van der Waals surface area contributed by atoms with E-state index in [0.29, 0.717) is 12.6 Å². The van der Waals surface area contributed by atoms with E-state index in [4.69, 9.17) is 16.7 Å². The van der Waals surface area contributed by atoms with Crippen LogP contribution in [-0.2, 0) is 17.9 Å². The van der Waals surface area contributed by atoms with Gasteiger partial charge in [0.2, 0.25) is 0 Å². The Bertz CT molecular complexity index is 779. The summed E-state index contributed by atoms with van der Waals surface area (Å²) in [6, 6.07) is 8.23. The summed E-state index contributed by atoms with van der Waals surface area (Å²) in [5.74, 6) is -0.828. The first-order valence-corrected chi connectivity index (χ1v) is 9.56. The molecule has 2 N–H and O–H groups in total. The average Bonchev–Trinajstić information content (AvgIpc) is 2.89. The Hall–Kier alpha value is -1.85. The van der Waals surface area contributed by atoms with Gasteiger partial charge in [0.25, 0.3) is 0 Å². The van der Waals surface area contributed by atoms with Crippen LogP contribution in [0.25, 0.3) is 0 Å². The van der Waals surface area contributed by atoms with Crippen molar-refractivity contribution in [1.82, 2.24) is 15.1 Å². The van der Waals surface area contributed by atoms with Gasteiger partial charge in [-0.05, 0) is 51.2 Å². The van der Waals surface area contributed by atoms with Gasteiger partial charge in [0.05, 0.1) is 18.2 Å². The monoisotopic (exact) mass is 375 g/mol.